The van der Waals surface area contributed by atoms with Gasteiger partial charge in [-0.25, -0.2) is 9.97 Å². The van der Waals surface area contributed by atoms with Gasteiger partial charge in [-0.3, -0.25) is 9.59 Å². The lowest BCUT2D eigenvalue weighted by molar-refractivity contribution is 0.101. The van der Waals surface area contributed by atoms with Crippen LogP contribution in [0.5, 0.6) is 0 Å². The summed E-state index contributed by atoms with van der Waals surface area (Å²) in [5.74, 6) is -0.280. The molecule has 0 fully saturated rings. The Balaban J connectivity index is 1.90. The molecule has 0 aliphatic heterocycles. The molecule has 0 N–H and O–H groups in total. The molecule has 0 amide bonds. The maximum atomic E-state index is 12.5. The standard InChI is InChI=1S/C22H17N3O2/c1-15(26)19-14-25(22-20(21(19)27)23-11-12-24-22)13-17-9-5-6-10-18(17)16-7-3-2-4-8-16/h2-12,14H,13H2,1H3. The molecule has 132 valence electrons. The Hall–Kier alpha value is -3.60. The SMILES string of the molecule is CC(=O)c1cn(Cc2ccccc2-c2ccccc2)c2nccnc2c1=O. The number of ketones is 1. The normalized spacial score (nSPS) is 10.9. The monoisotopic (exact) mass is 355 g/mol. The van der Waals surface area contributed by atoms with Gasteiger partial charge in [-0.05, 0) is 23.6 Å². The van der Waals surface area contributed by atoms with Gasteiger partial charge in [-0.15, -0.1) is 0 Å². The molecule has 4 rings (SSSR count). The highest BCUT2D eigenvalue weighted by Crippen LogP contribution is 2.24. The number of benzene rings is 2. The van der Waals surface area contributed by atoms with Gasteiger partial charge in [0.1, 0.15) is 0 Å². The summed E-state index contributed by atoms with van der Waals surface area (Å²) in [6.45, 7) is 1.86. The summed E-state index contributed by atoms with van der Waals surface area (Å²) in [5.41, 5.74) is 3.69. The Morgan fingerprint density at radius 3 is 2.44 bits per heavy atom. The predicted molar refractivity (Wildman–Crippen MR) is 105 cm³/mol. The van der Waals surface area contributed by atoms with Crippen LogP contribution in [0.2, 0.25) is 0 Å². The summed E-state index contributed by atoms with van der Waals surface area (Å²) in [5, 5.41) is 0. The van der Waals surface area contributed by atoms with Crippen LogP contribution >= 0.6 is 0 Å². The molecule has 0 aliphatic rings. The van der Waals surface area contributed by atoms with Gasteiger partial charge in [-0.2, -0.15) is 0 Å². The Kier molecular flexibility index (Phi) is 4.34. The average molecular weight is 355 g/mol. The van der Waals surface area contributed by atoms with Crippen molar-refractivity contribution in [3.8, 4) is 11.1 Å². The van der Waals surface area contributed by atoms with E-state index in [-0.39, 0.29) is 22.3 Å². The number of fused-ring (bicyclic) bond motifs is 1. The second-order valence-electron chi connectivity index (χ2n) is 6.31. The Bertz CT molecular complexity index is 1200. The number of hydrogen-bond donors (Lipinski definition) is 0. The van der Waals surface area contributed by atoms with Crippen LogP contribution in [0.4, 0.5) is 0 Å². The van der Waals surface area contributed by atoms with Crippen LogP contribution in [0.25, 0.3) is 22.3 Å². The maximum Gasteiger partial charge on any atom is 0.220 e. The summed E-state index contributed by atoms with van der Waals surface area (Å²) < 4.78 is 1.82. The molecule has 0 radical (unpaired) electrons. The highest BCUT2D eigenvalue weighted by atomic mass is 16.1. The lowest BCUT2D eigenvalue weighted by Gasteiger charge is -2.14. The third-order valence-corrected chi connectivity index (χ3v) is 4.52. The van der Waals surface area contributed by atoms with E-state index in [1.54, 1.807) is 12.4 Å². The topological polar surface area (TPSA) is 64.8 Å². The van der Waals surface area contributed by atoms with E-state index in [9.17, 15) is 9.59 Å². The van der Waals surface area contributed by atoms with E-state index >= 15 is 0 Å². The van der Waals surface area contributed by atoms with Crippen LogP contribution in [-0.2, 0) is 6.54 Å². The zero-order valence-electron chi connectivity index (χ0n) is 14.8. The van der Waals surface area contributed by atoms with Crippen molar-refractivity contribution in [3.05, 3.63) is 94.5 Å². The molecular formula is C22H17N3O2. The van der Waals surface area contributed by atoms with Gasteiger partial charge in [0.05, 0.1) is 5.56 Å². The van der Waals surface area contributed by atoms with Crippen molar-refractivity contribution < 1.29 is 4.79 Å². The summed E-state index contributed by atoms with van der Waals surface area (Å²) in [6, 6.07) is 18.2. The molecule has 0 unspecified atom stereocenters. The molecule has 27 heavy (non-hydrogen) atoms. The second kappa shape index (κ2) is 6.96. The minimum absolute atomic E-state index is 0.125. The second-order valence-corrected chi connectivity index (χ2v) is 6.31. The molecule has 0 saturated heterocycles. The van der Waals surface area contributed by atoms with Crippen molar-refractivity contribution in [1.29, 1.82) is 0 Å². The summed E-state index contributed by atoms with van der Waals surface area (Å²) in [4.78, 5) is 33.0. The molecule has 2 aromatic carbocycles. The van der Waals surface area contributed by atoms with E-state index in [4.69, 9.17) is 0 Å². The van der Waals surface area contributed by atoms with Crippen molar-refractivity contribution in [1.82, 2.24) is 14.5 Å². The minimum Gasteiger partial charge on any atom is -0.326 e. The lowest BCUT2D eigenvalue weighted by Crippen LogP contribution is -2.19. The number of nitrogens with zero attached hydrogens (tertiary/aromatic N) is 3. The number of pyridine rings is 1. The van der Waals surface area contributed by atoms with Crippen LogP contribution in [0.1, 0.15) is 22.8 Å². The Morgan fingerprint density at radius 1 is 0.963 bits per heavy atom. The first-order valence-corrected chi connectivity index (χ1v) is 8.63. The molecule has 0 bridgehead atoms. The van der Waals surface area contributed by atoms with Gasteiger partial charge < -0.3 is 4.57 Å². The molecule has 2 aromatic heterocycles. The molecular weight excluding hydrogens is 338 g/mol. The van der Waals surface area contributed by atoms with E-state index in [0.717, 1.165) is 16.7 Å². The Morgan fingerprint density at radius 2 is 1.67 bits per heavy atom. The predicted octanol–water partition coefficient (Wildman–Crippen LogP) is 3.71. The van der Waals surface area contributed by atoms with E-state index in [1.807, 2.05) is 41.0 Å². The molecule has 2 heterocycles. The third kappa shape index (κ3) is 3.15. The molecule has 5 nitrogen and oxygen atoms in total. The van der Waals surface area contributed by atoms with Gasteiger partial charge in [0.15, 0.2) is 16.9 Å². The fraction of sp³-hybridized carbons (Fsp3) is 0.0909. The molecule has 4 aromatic rings. The third-order valence-electron chi connectivity index (χ3n) is 4.52. The fourth-order valence-corrected chi connectivity index (χ4v) is 3.22. The number of carbonyl (C=O) groups is 1. The van der Waals surface area contributed by atoms with Crippen molar-refractivity contribution in [2.45, 2.75) is 13.5 Å². The van der Waals surface area contributed by atoms with Crippen LogP contribution < -0.4 is 5.43 Å². The van der Waals surface area contributed by atoms with Gasteiger partial charge in [0, 0.05) is 25.1 Å². The van der Waals surface area contributed by atoms with Crippen LogP contribution in [-0.4, -0.2) is 20.3 Å². The van der Waals surface area contributed by atoms with Crippen LogP contribution in [0.15, 0.2) is 78.0 Å². The van der Waals surface area contributed by atoms with E-state index in [1.165, 1.54) is 13.1 Å². The van der Waals surface area contributed by atoms with Crippen molar-refractivity contribution in [2.24, 2.45) is 0 Å². The molecule has 0 spiro atoms. The Labute approximate surface area is 156 Å². The number of hydrogen-bond acceptors (Lipinski definition) is 4. The average Bonchev–Trinajstić information content (AvgIpc) is 2.71. The van der Waals surface area contributed by atoms with Crippen molar-refractivity contribution in [2.75, 3.05) is 0 Å². The van der Waals surface area contributed by atoms with E-state index in [0.29, 0.717) is 12.2 Å². The number of aromatic nitrogens is 3. The first-order valence-electron chi connectivity index (χ1n) is 8.63. The maximum absolute atomic E-state index is 12.5. The summed E-state index contributed by atoms with van der Waals surface area (Å²) in [6.07, 6.45) is 4.61. The van der Waals surface area contributed by atoms with Gasteiger partial charge in [-0.1, -0.05) is 54.6 Å². The van der Waals surface area contributed by atoms with Crippen LogP contribution in [0, 0.1) is 0 Å². The molecule has 0 aliphatic carbocycles. The first kappa shape index (κ1) is 16.8. The molecule has 0 atom stereocenters. The van der Waals surface area contributed by atoms with Gasteiger partial charge in [0.2, 0.25) is 5.43 Å². The van der Waals surface area contributed by atoms with E-state index < -0.39 is 0 Å². The largest absolute Gasteiger partial charge is 0.326 e. The molecule has 0 saturated carbocycles. The summed E-state index contributed by atoms with van der Waals surface area (Å²) >= 11 is 0. The summed E-state index contributed by atoms with van der Waals surface area (Å²) in [7, 11) is 0. The number of Topliss-reactive ketones (excluding diaryl/α,β-unsaturated/α-hetero) is 1. The van der Waals surface area contributed by atoms with Crippen LogP contribution in [0.3, 0.4) is 0 Å². The fourth-order valence-electron chi connectivity index (χ4n) is 3.22. The van der Waals surface area contributed by atoms with Crippen molar-refractivity contribution >= 4 is 16.9 Å². The highest BCUT2D eigenvalue weighted by molar-refractivity contribution is 5.96. The van der Waals surface area contributed by atoms with Crippen molar-refractivity contribution in [3.63, 3.8) is 0 Å². The van der Waals surface area contributed by atoms with Gasteiger partial charge in [0.25, 0.3) is 0 Å². The first-order chi connectivity index (χ1) is 13.1. The zero-order valence-corrected chi connectivity index (χ0v) is 14.8. The quantitative estimate of drug-likeness (QED) is 0.524. The van der Waals surface area contributed by atoms with Gasteiger partial charge >= 0.3 is 0 Å². The number of rotatable bonds is 4. The lowest BCUT2D eigenvalue weighted by atomic mass is 9.99. The highest BCUT2D eigenvalue weighted by Gasteiger charge is 2.15. The smallest absolute Gasteiger partial charge is 0.220 e. The number of carbonyl (C=O) groups excluding carboxylic acids is 1. The molecule has 5 heteroatoms. The zero-order chi connectivity index (χ0) is 18.8. The minimum atomic E-state index is -0.377. The van der Waals surface area contributed by atoms with E-state index in [2.05, 4.69) is 28.2 Å².